The minimum Gasteiger partial charge on any atom is -0.401 e. The second-order valence-electron chi connectivity index (χ2n) is 3.18. The Balaban J connectivity index is 0.000000956. The van der Waals surface area contributed by atoms with E-state index in [4.69, 9.17) is 10.2 Å². The Morgan fingerprint density at radius 3 is 2.70 bits per heavy atom. The lowest BCUT2D eigenvalue weighted by molar-refractivity contribution is -0.402. The molecule has 2 N–H and O–H groups in total. The monoisotopic (exact) mass is 313 g/mol. The van der Waals surface area contributed by atoms with Gasteiger partial charge >= 0.3 is 5.88 Å². The van der Waals surface area contributed by atoms with Gasteiger partial charge in [-0.05, 0) is 36.2 Å². The number of nitrogens with two attached hydrogens (primary N) is 1. The molecule has 0 unspecified atom stereocenters. The molecular formula is C11H11N3O4S2. The topological polar surface area (TPSA) is 112 Å². The van der Waals surface area contributed by atoms with E-state index in [2.05, 4.69) is 17.6 Å². The minimum atomic E-state index is -0.624. The molecule has 2 heterocycles. The van der Waals surface area contributed by atoms with E-state index in [0.29, 0.717) is 10.7 Å². The zero-order chi connectivity index (χ0) is 15.1. The van der Waals surface area contributed by atoms with E-state index < -0.39 is 10.8 Å². The molecule has 106 valence electrons. The van der Waals surface area contributed by atoms with Gasteiger partial charge in [0.15, 0.2) is 5.17 Å². The molecule has 9 heteroatoms. The largest absolute Gasteiger partial charge is 0.433 e. The molecule has 20 heavy (non-hydrogen) atoms. The van der Waals surface area contributed by atoms with Crippen molar-refractivity contribution in [1.82, 2.24) is 0 Å². The van der Waals surface area contributed by atoms with Crippen LogP contribution in [0, 0.1) is 10.1 Å². The third kappa shape index (κ3) is 4.28. The van der Waals surface area contributed by atoms with Gasteiger partial charge in [-0.15, -0.1) is 0 Å². The molecule has 0 spiro atoms. The van der Waals surface area contributed by atoms with Crippen LogP contribution in [0.1, 0.15) is 5.76 Å². The minimum absolute atomic E-state index is 0.202. The highest BCUT2D eigenvalue weighted by Gasteiger charge is 2.18. The Bertz CT molecular complexity index is 605. The highest BCUT2D eigenvalue weighted by Crippen LogP contribution is 2.24. The first kappa shape index (κ1) is 16.1. The molecule has 0 radical (unpaired) electrons. The summed E-state index contributed by atoms with van der Waals surface area (Å²) in [6.07, 6.45) is 6.25. The third-order valence-corrected chi connectivity index (χ3v) is 2.77. The maximum absolute atomic E-state index is 11.2. The summed E-state index contributed by atoms with van der Waals surface area (Å²) in [6.45, 7) is 0. The summed E-state index contributed by atoms with van der Waals surface area (Å²) in [7, 11) is 0. The van der Waals surface area contributed by atoms with Crippen LogP contribution in [0.4, 0.5) is 5.88 Å². The zero-order valence-electron chi connectivity index (χ0n) is 10.3. The van der Waals surface area contributed by atoms with Crippen molar-refractivity contribution in [2.75, 3.05) is 6.26 Å². The molecule has 0 atom stereocenters. The van der Waals surface area contributed by atoms with Crippen LogP contribution in [0.15, 0.2) is 38.6 Å². The lowest BCUT2D eigenvalue weighted by Crippen LogP contribution is -2.01. The molecule has 1 aliphatic rings. The molecule has 7 nitrogen and oxygen atoms in total. The van der Waals surface area contributed by atoms with Gasteiger partial charge in [0.25, 0.3) is 5.91 Å². The summed E-state index contributed by atoms with van der Waals surface area (Å²) in [4.78, 5) is 24.9. The third-order valence-electron chi connectivity index (χ3n) is 1.94. The first-order chi connectivity index (χ1) is 9.56. The fraction of sp³-hybridized carbons (Fsp3) is 0.0909. The quantitative estimate of drug-likeness (QED) is 0.383. The Morgan fingerprint density at radius 2 is 2.20 bits per heavy atom. The van der Waals surface area contributed by atoms with Crippen LogP contribution in [-0.4, -0.2) is 22.3 Å². The summed E-state index contributed by atoms with van der Waals surface area (Å²) in [6, 6.07) is 2.71. The second kappa shape index (κ2) is 7.56. The van der Waals surface area contributed by atoms with E-state index in [1.165, 1.54) is 30.4 Å². The van der Waals surface area contributed by atoms with Crippen molar-refractivity contribution in [2.24, 2.45) is 10.7 Å². The molecular weight excluding hydrogens is 302 g/mol. The second-order valence-corrected chi connectivity index (χ2v) is 4.24. The van der Waals surface area contributed by atoms with Gasteiger partial charge in [0.05, 0.1) is 11.0 Å². The Morgan fingerprint density at radius 1 is 1.50 bits per heavy atom. The van der Waals surface area contributed by atoms with Gasteiger partial charge in [0, 0.05) is 0 Å². The van der Waals surface area contributed by atoms with E-state index in [-0.39, 0.29) is 11.1 Å². The number of allylic oxidation sites excluding steroid dienone is 2. The SMILES string of the molecule is CS.NC1=NC(=O)/C(=C\C=C\c2ccc([N+](=O)[O-])o2)S1. The van der Waals surface area contributed by atoms with Crippen LogP contribution in [0.25, 0.3) is 6.08 Å². The predicted molar refractivity (Wildman–Crippen MR) is 81.6 cm³/mol. The van der Waals surface area contributed by atoms with Crippen LogP contribution < -0.4 is 5.73 Å². The van der Waals surface area contributed by atoms with Crippen molar-refractivity contribution >= 4 is 47.4 Å². The van der Waals surface area contributed by atoms with Crippen molar-refractivity contribution in [3.05, 3.63) is 45.1 Å². The molecule has 1 amide bonds. The van der Waals surface area contributed by atoms with E-state index >= 15 is 0 Å². The van der Waals surface area contributed by atoms with Gasteiger partial charge in [-0.25, -0.2) is 0 Å². The van der Waals surface area contributed by atoms with Gasteiger partial charge in [-0.2, -0.15) is 17.6 Å². The van der Waals surface area contributed by atoms with Gasteiger partial charge in [-0.3, -0.25) is 14.9 Å². The summed E-state index contributed by atoms with van der Waals surface area (Å²) >= 11 is 4.60. The molecule has 0 saturated heterocycles. The molecule has 0 aromatic carbocycles. The summed E-state index contributed by atoms with van der Waals surface area (Å²) in [5.74, 6) is -0.406. The van der Waals surface area contributed by atoms with Crippen LogP contribution in [-0.2, 0) is 4.79 Å². The number of amidine groups is 1. The Hall–Kier alpha value is -2.00. The van der Waals surface area contributed by atoms with Crippen LogP contribution in [0.5, 0.6) is 0 Å². The van der Waals surface area contributed by atoms with Gasteiger partial charge in [0.1, 0.15) is 10.7 Å². The fourth-order valence-electron chi connectivity index (χ4n) is 1.20. The summed E-state index contributed by atoms with van der Waals surface area (Å²) in [5, 5.41) is 10.6. The molecule has 0 saturated carbocycles. The van der Waals surface area contributed by atoms with Crippen LogP contribution in [0.3, 0.4) is 0 Å². The lowest BCUT2D eigenvalue weighted by Gasteiger charge is -1.87. The maximum atomic E-state index is 11.2. The van der Waals surface area contributed by atoms with Crippen molar-refractivity contribution in [3.8, 4) is 0 Å². The van der Waals surface area contributed by atoms with Crippen molar-refractivity contribution in [2.45, 2.75) is 0 Å². The highest BCUT2D eigenvalue weighted by atomic mass is 32.2. The molecule has 1 aliphatic heterocycles. The molecule has 0 aliphatic carbocycles. The number of thiol groups is 1. The first-order valence-electron chi connectivity index (χ1n) is 5.20. The number of carbonyl (C=O) groups is 1. The predicted octanol–water partition coefficient (Wildman–Crippen LogP) is 2.22. The average Bonchev–Trinajstić information content (AvgIpc) is 3.00. The Kier molecular flexibility index (Phi) is 6.07. The fourth-order valence-corrected chi connectivity index (χ4v) is 1.83. The van der Waals surface area contributed by atoms with Crippen molar-refractivity contribution < 1.29 is 14.1 Å². The molecule has 1 aromatic rings. The number of hydrogen-bond donors (Lipinski definition) is 2. The smallest absolute Gasteiger partial charge is 0.401 e. The van der Waals surface area contributed by atoms with E-state index in [1.807, 2.05) is 0 Å². The van der Waals surface area contributed by atoms with Gasteiger partial charge in [-0.1, -0.05) is 6.08 Å². The normalized spacial score (nSPS) is 16.2. The van der Waals surface area contributed by atoms with Gasteiger partial charge in [0.2, 0.25) is 0 Å². The van der Waals surface area contributed by atoms with Crippen molar-refractivity contribution in [3.63, 3.8) is 0 Å². The highest BCUT2D eigenvalue weighted by molar-refractivity contribution is 8.18. The van der Waals surface area contributed by atoms with E-state index in [9.17, 15) is 14.9 Å². The average molecular weight is 313 g/mol. The summed E-state index contributed by atoms with van der Waals surface area (Å²) < 4.78 is 4.90. The summed E-state index contributed by atoms with van der Waals surface area (Å²) in [5.41, 5.74) is 5.37. The van der Waals surface area contributed by atoms with Crippen molar-refractivity contribution in [1.29, 1.82) is 0 Å². The molecule has 0 fully saturated rings. The molecule has 2 rings (SSSR count). The molecule has 1 aromatic heterocycles. The van der Waals surface area contributed by atoms with Gasteiger partial charge < -0.3 is 10.2 Å². The van der Waals surface area contributed by atoms with Crippen LogP contribution in [0.2, 0.25) is 0 Å². The lowest BCUT2D eigenvalue weighted by atomic mass is 10.3. The first-order valence-corrected chi connectivity index (χ1v) is 6.91. The van der Waals surface area contributed by atoms with Crippen LogP contribution >= 0.6 is 24.4 Å². The molecule has 0 bridgehead atoms. The Labute approximate surface area is 124 Å². The number of carbonyl (C=O) groups excluding carboxylic acids is 1. The number of hydrogen-bond acceptors (Lipinski definition) is 7. The number of aliphatic imine (C=N–C) groups is 1. The number of rotatable bonds is 3. The number of amides is 1. The van der Waals surface area contributed by atoms with E-state index in [1.54, 1.807) is 6.26 Å². The van der Waals surface area contributed by atoms with E-state index in [0.717, 1.165) is 11.8 Å². The number of nitro groups is 1. The number of furan rings is 1. The number of nitrogens with zero attached hydrogens (tertiary/aromatic N) is 2. The number of thioether (sulfide) groups is 1. The zero-order valence-corrected chi connectivity index (χ0v) is 12.1. The maximum Gasteiger partial charge on any atom is 0.433 e. The standard InChI is InChI=1S/C10H7N3O4S.CH4S/c11-10-12-9(14)7(18-10)3-1-2-6-4-5-8(17-6)13(15)16;1-2/h1-5H,(H2,11,12,14);2H,1H3/b2-1+,7-3+;.